The van der Waals surface area contributed by atoms with E-state index >= 15 is 0 Å². The van der Waals surface area contributed by atoms with Gasteiger partial charge < -0.3 is 11.1 Å². The molecular formula is C6H14N2O. The first-order chi connectivity index (χ1) is 4.22. The van der Waals surface area contributed by atoms with Crippen LogP contribution in [0.25, 0.3) is 0 Å². The van der Waals surface area contributed by atoms with Crippen molar-refractivity contribution in [3.05, 3.63) is 0 Å². The van der Waals surface area contributed by atoms with Gasteiger partial charge in [0.15, 0.2) is 0 Å². The lowest BCUT2D eigenvalue weighted by Crippen LogP contribution is -2.34. The summed E-state index contributed by atoms with van der Waals surface area (Å²) in [5.41, 5.74) is 5.25. The third-order valence-electron chi connectivity index (χ3n) is 1.29. The maximum absolute atomic E-state index is 10.6. The smallest absolute Gasteiger partial charge is 0.146 e. The molecule has 0 radical (unpaired) electrons. The molecule has 0 aliphatic rings. The van der Waals surface area contributed by atoms with Gasteiger partial charge in [0.1, 0.15) is 5.78 Å². The molecule has 1 atom stereocenters. The zero-order valence-electron chi connectivity index (χ0n) is 5.98. The van der Waals surface area contributed by atoms with Crippen LogP contribution in [0.5, 0.6) is 0 Å². The molecule has 3 heteroatoms. The Morgan fingerprint density at radius 1 is 1.78 bits per heavy atom. The fourth-order valence-corrected chi connectivity index (χ4v) is 0.718. The van der Waals surface area contributed by atoms with E-state index in [4.69, 9.17) is 5.73 Å². The van der Waals surface area contributed by atoms with Crippen LogP contribution >= 0.6 is 0 Å². The second kappa shape index (κ2) is 4.47. The molecule has 0 saturated heterocycles. The van der Waals surface area contributed by atoms with E-state index in [2.05, 4.69) is 5.32 Å². The van der Waals surface area contributed by atoms with Gasteiger partial charge in [0.2, 0.25) is 0 Å². The SMILES string of the molecule is CN[C@H](CCN)C(C)=O. The molecule has 3 nitrogen and oxygen atoms in total. The zero-order chi connectivity index (χ0) is 7.28. The molecule has 0 aliphatic carbocycles. The maximum Gasteiger partial charge on any atom is 0.146 e. The van der Waals surface area contributed by atoms with Crippen molar-refractivity contribution in [1.29, 1.82) is 0 Å². The minimum atomic E-state index is -0.0463. The fourth-order valence-electron chi connectivity index (χ4n) is 0.718. The molecule has 3 N–H and O–H groups in total. The highest BCUT2D eigenvalue weighted by atomic mass is 16.1. The molecule has 0 aliphatic heterocycles. The number of nitrogens with two attached hydrogens (primary N) is 1. The second-order valence-corrected chi connectivity index (χ2v) is 2.03. The van der Waals surface area contributed by atoms with Gasteiger partial charge in [0.05, 0.1) is 6.04 Å². The van der Waals surface area contributed by atoms with Gasteiger partial charge in [-0.2, -0.15) is 0 Å². The van der Waals surface area contributed by atoms with E-state index < -0.39 is 0 Å². The highest BCUT2D eigenvalue weighted by Crippen LogP contribution is 1.88. The minimum absolute atomic E-state index is 0.0463. The highest BCUT2D eigenvalue weighted by Gasteiger charge is 2.08. The molecule has 0 bridgehead atoms. The van der Waals surface area contributed by atoms with Gasteiger partial charge in [-0.25, -0.2) is 0 Å². The van der Waals surface area contributed by atoms with Gasteiger partial charge in [0.25, 0.3) is 0 Å². The molecule has 54 valence electrons. The maximum atomic E-state index is 10.6. The summed E-state index contributed by atoms with van der Waals surface area (Å²) in [5.74, 6) is 0.156. The average Bonchev–Trinajstić information content (AvgIpc) is 1.82. The van der Waals surface area contributed by atoms with Crippen molar-refractivity contribution < 1.29 is 4.79 Å². The molecule has 9 heavy (non-hydrogen) atoms. The van der Waals surface area contributed by atoms with Gasteiger partial charge in [-0.1, -0.05) is 0 Å². The molecular weight excluding hydrogens is 116 g/mol. The van der Waals surface area contributed by atoms with Crippen molar-refractivity contribution in [2.45, 2.75) is 19.4 Å². The summed E-state index contributed by atoms with van der Waals surface area (Å²) in [6.45, 7) is 2.13. The van der Waals surface area contributed by atoms with Crippen molar-refractivity contribution in [3.8, 4) is 0 Å². The summed E-state index contributed by atoms with van der Waals surface area (Å²) >= 11 is 0. The van der Waals surface area contributed by atoms with Gasteiger partial charge in [-0.3, -0.25) is 4.79 Å². The van der Waals surface area contributed by atoms with Crippen molar-refractivity contribution in [2.24, 2.45) is 5.73 Å². The Morgan fingerprint density at radius 3 is 2.44 bits per heavy atom. The first kappa shape index (κ1) is 8.59. The number of hydrogen-bond acceptors (Lipinski definition) is 3. The van der Waals surface area contributed by atoms with Crippen molar-refractivity contribution in [1.82, 2.24) is 5.32 Å². The Bertz CT molecular complexity index is 93.1. The third kappa shape index (κ3) is 3.21. The van der Waals surface area contributed by atoms with Crippen molar-refractivity contribution in [3.63, 3.8) is 0 Å². The highest BCUT2D eigenvalue weighted by molar-refractivity contribution is 5.81. The molecule has 0 rings (SSSR count). The predicted molar refractivity (Wildman–Crippen MR) is 37.2 cm³/mol. The van der Waals surface area contributed by atoms with Crippen LogP contribution in [0, 0.1) is 0 Å². The molecule has 0 fully saturated rings. The Kier molecular flexibility index (Phi) is 4.26. The first-order valence-corrected chi connectivity index (χ1v) is 3.10. The molecule has 0 amide bonds. The van der Waals surface area contributed by atoms with Crippen molar-refractivity contribution in [2.75, 3.05) is 13.6 Å². The average molecular weight is 130 g/mol. The minimum Gasteiger partial charge on any atom is -0.330 e. The Hall–Kier alpha value is -0.410. The van der Waals surface area contributed by atoms with E-state index in [0.29, 0.717) is 6.54 Å². The van der Waals surface area contributed by atoms with Crippen LogP contribution in [-0.2, 0) is 4.79 Å². The van der Waals surface area contributed by atoms with E-state index in [1.54, 1.807) is 14.0 Å². The molecule has 0 saturated carbocycles. The van der Waals surface area contributed by atoms with Gasteiger partial charge >= 0.3 is 0 Å². The van der Waals surface area contributed by atoms with E-state index in [1.165, 1.54) is 0 Å². The number of likely N-dealkylation sites (N-methyl/N-ethyl adjacent to an activating group) is 1. The largest absolute Gasteiger partial charge is 0.330 e. The molecule has 0 heterocycles. The van der Waals surface area contributed by atoms with Gasteiger partial charge in [-0.05, 0) is 26.9 Å². The number of ketones is 1. The topological polar surface area (TPSA) is 55.1 Å². The number of rotatable bonds is 4. The third-order valence-corrected chi connectivity index (χ3v) is 1.29. The van der Waals surface area contributed by atoms with Gasteiger partial charge in [-0.15, -0.1) is 0 Å². The normalized spacial score (nSPS) is 13.2. The van der Waals surface area contributed by atoms with Gasteiger partial charge in [0, 0.05) is 0 Å². The zero-order valence-corrected chi connectivity index (χ0v) is 5.98. The lowest BCUT2D eigenvalue weighted by molar-refractivity contribution is -0.118. The van der Waals surface area contributed by atoms with Crippen LogP contribution < -0.4 is 11.1 Å². The van der Waals surface area contributed by atoms with E-state index in [9.17, 15) is 4.79 Å². The molecule has 0 aromatic rings. The molecule has 0 unspecified atom stereocenters. The van der Waals surface area contributed by atoms with Crippen LogP contribution in [-0.4, -0.2) is 25.4 Å². The quantitative estimate of drug-likeness (QED) is 0.540. The van der Waals surface area contributed by atoms with Crippen LogP contribution in [0.4, 0.5) is 0 Å². The van der Waals surface area contributed by atoms with Crippen LogP contribution in [0.3, 0.4) is 0 Å². The Balaban J connectivity index is 3.54. The summed E-state index contributed by atoms with van der Waals surface area (Å²) < 4.78 is 0. The standard InChI is InChI=1S/C6H14N2O/c1-5(9)6(8-2)3-4-7/h6,8H,3-4,7H2,1-2H3/t6-/m1/s1. The molecule has 0 aromatic carbocycles. The fraction of sp³-hybridized carbons (Fsp3) is 0.833. The van der Waals surface area contributed by atoms with Crippen LogP contribution in [0.2, 0.25) is 0 Å². The summed E-state index contributed by atoms with van der Waals surface area (Å²) in [6.07, 6.45) is 0.728. The predicted octanol–water partition coefficient (Wildman–Crippen LogP) is -0.488. The number of carbonyl (C=O) groups excluding carboxylic acids is 1. The number of carbonyl (C=O) groups is 1. The van der Waals surface area contributed by atoms with E-state index in [1.807, 2.05) is 0 Å². The lowest BCUT2D eigenvalue weighted by atomic mass is 10.1. The van der Waals surface area contributed by atoms with Crippen LogP contribution in [0.1, 0.15) is 13.3 Å². The lowest BCUT2D eigenvalue weighted by Gasteiger charge is -2.09. The summed E-state index contributed by atoms with van der Waals surface area (Å²) in [4.78, 5) is 10.6. The van der Waals surface area contributed by atoms with Crippen molar-refractivity contribution >= 4 is 5.78 Å². The van der Waals surface area contributed by atoms with Crippen LogP contribution in [0.15, 0.2) is 0 Å². The van der Waals surface area contributed by atoms with E-state index in [-0.39, 0.29) is 11.8 Å². The molecule has 0 spiro atoms. The summed E-state index contributed by atoms with van der Waals surface area (Å²) in [5, 5.41) is 2.87. The number of hydrogen-bond donors (Lipinski definition) is 2. The Morgan fingerprint density at radius 2 is 2.33 bits per heavy atom. The van der Waals surface area contributed by atoms with E-state index in [0.717, 1.165) is 6.42 Å². The number of Topliss-reactive ketones (excluding diaryl/α,β-unsaturated/α-hetero) is 1. The summed E-state index contributed by atoms with van der Waals surface area (Å²) in [7, 11) is 1.77. The molecule has 0 aromatic heterocycles. The first-order valence-electron chi connectivity index (χ1n) is 3.10. The monoisotopic (exact) mass is 130 g/mol. The Labute approximate surface area is 55.6 Å². The summed E-state index contributed by atoms with van der Waals surface area (Å²) in [6, 6.07) is -0.0463. The number of nitrogens with one attached hydrogen (secondary N) is 1. The second-order valence-electron chi connectivity index (χ2n) is 2.03.